The molecule has 1 aromatic carbocycles. The molecular formula is C22H20F2N6O. The smallest absolute Gasteiger partial charge is 0.319 e. The molecule has 0 aliphatic rings. The summed E-state index contributed by atoms with van der Waals surface area (Å²) in [5, 5.41) is 4.72. The third-order valence-corrected chi connectivity index (χ3v) is 4.54. The van der Waals surface area contributed by atoms with Crippen LogP contribution in [0.1, 0.15) is 12.6 Å². The number of carbonyl (C=O) groups excluding carboxylic acids is 1. The second-order valence-electron chi connectivity index (χ2n) is 7.27. The molecule has 0 unspecified atom stereocenters. The van der Waals surface area contributed by atoms with Crippen LogP contribution in [0.3, 0.4) is 0 Å². The van der Waals surface area contributed by atoms with Crippen molar-refractivity contribution >= 4 is 17.4 Å². The minimum absolute atomic E-state index is 0.481. The highest BCUT2D eigenvalue weighted by molar-refractivity contribution is 5.90. The summed E-state index contributed by atoms with van der Waals surface area (Å²) in [5.74, 6) is -2.35. The summed E-state index contributed by atoms with van der Waals surface area (Å²) >= 11 is 0. The van der Waals surface area contributed by atoms with E-state index in [-0.39, 0.29) is 0 Å². The molecule has 0 atom stereocenters. The molecule has 0 fully saturated rings. The fraction of sp³-hybridized carbons (Fsp3) is 0.182. The topological polar surface area (TPSA) is 84.2 Å². The zero-order chi connectivity index (χ0) is 22.0. The highest BCUT2D eigenvalue weighted by Gasteiger charge is 2.21. The van der Waals surface area contributed by atoms with E-state index in [1.54, 1.807) is 30.6 Å². The van der Waals surface area contributed by atoms with Crippen molar-refractivity contribution in [3.8, 4) is 22.6 Å². The molecule has 4 rings (SSSR count). The maximum atomic E-state index is 12.9. The Hall–Kier alpha value is -3.88. The highest BCUT2D eigenvalue weighted by atomic mass is 19.3. The number of nitrogens with zero attached hydrogens (tertiary/aromatic N) is 4. The van der Waals surface area contributed by atoms with Crippen molar-refractivity contribution in [2.24, 2.45) is 0 Å². The van der Waals surface area contributed by atoms with Gasteiger partial charge in [-0.3, -0.25) is 4.40 Å². The van der Waals surface area contributed by atoms with Gasteiger partial charge in [0.2, 0.25) is 0 Å². The Morgan fingerprint density at radius 2 is 1.97 bits per heavy atom. The molecule has 2 N–H and O–H groups in total. The quantitative estimate of drug-likeness (QED) is 0.494. The number of pyridine rings is 1. The van der Waals surface area contributed by atoms with Gasteiger partial charge in [0.1, 0.15) is 5.65 Å². The molecule has 3 aromatic heterocycles. The van der Waals surface area contributed by atoms with Gasteiger partial charge in [0.15, 0.2) is 5.82 Å². The Kier molecular flexibility index (Phi) is 5.33. The monoisotopic (exact) mass is 422 g/mol. The van der Waals surface area contributed by atoms with Crippen LogP contribution in [-0.2, 0) is 0 Å². The molecule has 2 amide bonds. The number of rotatable bonds is 5. The molecule has 0 saturated heterocycles. The molecule has 0 aliphatic carbocycles. The number of halogens is 2. The highest BCUT2D eigenvalue weighted by Crippen LogP contribution is 2.26. The normalized spacial score (nSPS) is 11.5. The lowest BCUT2D eigenvalue weighted by atomic mass is 10.1. The first-order chi connectivity index (χ1) is 14.8. The van der Waals surface area contributed by atoms with Crippen molar-refractivity contribution in [3.63, 3.8) is 0 Å². The number of amides is 2. The number of nitrogens with one attached hydrogen (secondary N) is 2. The number of fused-ring (bicyclic) bond motifs is 1. The van der Waals surface area contributed by atoms with E-state index in [1.165, 1.54) is 0 Å². The van der Waals surface area contributed by atoms with Crippen LogP contribution >= 0.6 is 0 Å². The molecule has 4 aromatic rings. The SMILES string of the molecule is Cc1ccnc(-c2ccn3c(-c4cccc(NC(=O)NCC(C)(F)F)c4)cnc3c2)n1. The second-order valence-corrected chi connectivity index (χ2v) is 7.27. The van der Waals surface area contributed by atoms with Crippen molar-refractivity contribution in [1.29, 1.82) is 0 Å². The zero-order valence-corrected chi connectivity index (χ0v) is 16.9. The van der Waals surface area contributed by atoms with Crippen molar-refractivity contribution in [1.82, 2.24) is 24.7 Å². The number of anilines is 1. The first-order valence-electron chi connectivity index (χ1n) is 9.59. The number of aryl methyl sites for hydroxylation is 1. The summed E-state index contributed by atoms with van der Waals surface area (Å²) in [6, 6.07) is 12.0. The van der Waals surface area contributed by atoms with Gasteiger partial charge in [0, 0.05) is 41.8 Å². The number of alkyl halides is 2. The molecule has 0 bridgehead atoms. The number of carbonyl (C=O) groups is 1. The molecule has 31 heavy (non-hydrogen) atoms. The summed E-state index contributed by atoms with van der Waals surface area (Å²) in [4.78, 5) is 25.1. The summed E-state index contributed by atoms with van der Waals surface area (Å²) < 4.78 is 27.7. The summed E-state index contributed by atoms with van der Waals surface area (Å²) in [6.45, 7) is 1.92. The Balaban J connectivity index is 1.58. The first-order valence-corrected chi connectivity index (χ1v) is 9.59. The standard InChI is InChI=1S/C22H20F2N6O/c1-14-6-8-25-20(28-14)16-7-9-30-18(12-26-19(30)11-16)15-4-3-5-17(10-15)29-21(31)27-13-22(2,23)24/h3-12H,13H2,1-2H3,(H2,27,29,31). The number of aromatic nitrogens is 4. The average molecular weight is 422 g/mol. The van der Waals surface area contributed by atoms with Crippen LogP contribution in [0.15, 0.2) is 61.1 Å². The Bertz CT molecular complexity index is 1250. The van der Waals surface area contributed by atoms with E-state index >= 15 is 0 Å². The second kappa shape index (κ2) is 8.10. The predicted octanol–water partition coefficient (Wildman–Crippen LogP) is 4.54. The number of hydrogen-bond acceptors (Lipinski definition) is 4. The number of benzene rings is 1. The predicted molar refractivity (Wildman–Crippen MR) is 114 cm³/mol. The van der Waals surface area contributed by atoms with Gasteiger partial charge in [-0.1, -0.05) is 12.1 Å². The van der Waals surface area contributed by atoms with E-state index in [4.69, 9.17) is 0 Å². The Morgan fingerprint density at radius 3 is 2.74 bits per heavy atom. The Labute approximate surface area is 177 Å². The van der Waals surface area contributed by atoms with Gasteiger partial charge in [-0.2, -0.15) is 0 Å². The van der Waals surface area contributed by atoms with Gasteiger partial charge >= 0.3 is 6.03 Å². The molecule has 7 nitrogen and oxygen atoms in total. The Morgan fingerprint density at radius 1 is 1.13 bits per heavy atom. The molecule has 0 saturated carbocycles. The van der Waals surface area contributed by atoms with Crippen LogP contribution in [0.2, 0.25) is 0 Å². The molecular weight excluding hydrogens is 402 g/mol. The number of imidazole rings is 1. The molecule has 158 valence electrons. The third kappa shape index (κ3) is 4.82. The molecule has 0 aliphatic heterocycles. The van der Waals surface area contributed by atoms with Crippen LogP contribution in [0.4, 0.5) is 19.3 Å². The van der Waals surface area contributed by atoms with Crippen LogP contribution in [0.25, 0.3) is 28.3 Å². The number of hydrogen-bond donors (Lipinski definition) is 2. The van der Waals surface area contributed by atoms with Gasteiger partial charge in [-0.05, 0) is 37.3 Å². The minimum Gasteiger partial charge on any atom is -0.332 e. The summed E-state index contributed by atoms with van der Waals surface area (Å²) in [7, 11) is 0. The molecule has 9 heteroatoms. The van der Waals surface area contributed by atoms with E-state index in [9.17, 15) is 13.6 Å². The molecule has 0 spiro atoms. The van der Waals surface area contributed by atoms with E-state index < -0.39 is 18.5 Å². The molecule has 0 radical (unpaired) electrons. The zero-order valence-electron chi connectivity index (χ0n) is 16.9. The summed E-state index contributed by atoms with van der Waals surface area (Å²) in [6.07, 6.45) is 5.33. The van der Waals surface area contributed by atoms with E-state index in [0.717, 1.165) is 35.1 Å². The van der Waals surface area contributed by atoms with Gasteiger partial charge in [0.05, 0.1) is 18.4 Å². The van der Waals surface area contributed by atoms with E-state index in [0.29, 0.717) is 11.5 Å². The lowest BCUT2D eigenvalue weighted by Crippen LogP contribution is -2.37. The maximum Gasteiger partial charge on any atom is 0.319 e. The van der Waals surface area contributed by atoms with Crippen molar-refractivity contribution < 1.29 is 13.6 Å². The van der Waals surface area contributed by atoms with Crippen molar-refractivity contribution in [2.45, 2.75) is 19.8 Å². The maximum absolute atomic E-state index is 12.9. The van der Waals surface area contributed by atoms with Gasteiger partial charge in [-0.25, -0.2) is 28.5 Å². The van der Waals surface area contributed by atoms with Crippen LogP contribution in [-0.4, -0.2) is 37.9 Å². The van der Waals surface area contributed by atoms with Gasteiger partial charge in [-0.15, -0.1) is 0 Å². The van der Waals surface area contributed by atoms with Crippen molar-refractivity contribution in [3.05, 3.63) is 66.7 Å². The average Bonchev–Trinajstić information content (AvgIpc) is 3.15. The number of urea groups is 1. The molecule has 3 heterocycles. The van der Waals surface area contributed by atoms with Crippen LogP contribution in [0, 0.1) is 6.92 Å². The lowest BCUT2D eigenvalue weighted by molar-refractivity contribution is 0.0257. The van der Waals surface area contributed by atoms with Crippen LogP contribution in [0.5, 0.6) is 0 Å². The lowest BCUT2D eigenvalue weighted by Gasteiger charge is -2.12. The fourth-order valence-corrected chi connectivity index (χ4v) is 3.09. The third-order valence-electron chi connectivity index (χ3n) is 4.54. The van der Waals surface area contributed by atoms with Gasteiger partial charge in [0.25, 0.3) is 5.92 Å². The van der Waals surface area contributed by atoms with Crippen LogP contribution < -0.4 is 10.6 Å². The van der Waals surface area contributed by atoms with E-state index in [1.807, 2.05) is 41.8 Å². The van der Waals surface area contributed by atoms with Crippen molar-refractivity contribution in [2.75, 3.05) is 11.9 Å². The van der Waals surface area contributed by atoms with E-state index in [2.05, 4.69) is 25.6 Å². The largest absolute Gasteiger partial charge is 0.332 e. The summed E-state index contributed by atoms with van der Waals surface area (Å²) in [5.41, 5.74) is 4.56. The minimum atomic E-state index is -2.97. The fourth-order valence-electron chi connectivity index (χ4n) is 3.09. The first kappa shape index (κ1) is 20.4. The van der Waals surface area contributed by atoms with Gasteiger partial charge < -0.3 is 10.6 Å².